The van der Waals surface area contributed by atoms with Crippen LogP contribution in [0.5, 0.6) is 0 Å². The molecule has 1 amide bonds. The minimum Gasteiger partial charge on any atom is -0.356 e. The van der Waals surface area contributed by atoms with Gasteiger partial charge in [-0.05, 0) is 57.7 Å². The molecule has 0 bridgehead atoms. The summed E-state index contributed by atoms with van der Waals surface area (Å²) in [6, 6.07) is 0. The van der Waals surface area contributed by atoms with Crippen molar-refractivity contribution < 1.29 is 4.79 Å². The summed E-state index contributed by atoms with van der Waals surface area (Å²) in [4.78, 5) is 11.9. The molecule has 1 atom stereocenters. The SMILES string of the molecule is Cc1nn(C)c(C)c1CCC(=O)NCC1CCCNC1.Cl.Cl. The van der Waals surface area contributed by atoms with Gasteiger partial charge in [-0.2, -0.15) is 5.10 Å². The van der Waals surface area contributed by atoms with Gasteiger partial charge in [-0.3, -0.25) is 9.48 Å². The molecule has 1 aromatic rings. The molecular weight excluding hydrogens is 323 g/mol. The Morgan fingerprint density at radius 2 is 2.14 bits per heavy atom. The fourth-order valence-corrected chi connectivity index (χ4v) is 2.86. The van der Waals surface area contributed by atoms with Gasteiger partial charge in [-0.1, -0.05) is 0 Å². The van der Waals surface area contributed by atoms with E-state index in [-0.39, 0.29) is 30.7 Å². The van der Waals surface area contributed by atoms with E-state index >= 15 is 0 Å². The molecule has 1 aliphatic heterocycles. The number of hydrogen-bond donors (Lipinski definition) is 2. The fraction of sp³-hybridized carbons (Fsp3) is 0.733. The molecule has 0 spiro atoms. The van der Waals surface area contributed by atoms with Crippen LogP contribution in [-0.2, 0) is 18.3 Å². The van der Waals surface area contributed by atoms with Crippen LogP contribution in [0.15, 0.2) is 0 Å². The molecule has 0 aromatic carbocycles. The second-order valence-corrected chi connectivity index (χ2v) is 5.79. The van der Waals surface area contributed by atoms with Crippen LogP contribution in [0.4, 0.5) is 0 Å². The van der Waals surface area contributed by atoms with Gasteiger partial charge in [0.15, 0.2) is 0 Å². The van der Waals surface area contributed by atoms with Gasteiger partial charge in [-0.15, -0.1) is 24.8 Å². The van der Waals surface area contributed by atoms with Crippen LogP contribution in [0.3, 0.4) is 0 Å². The smallest absolute Gasteiger partial charge is 0.220 e. The maximum Gasteiger partial charge on any atom is 0.220 e. The Kier molecular flexibility index (Phi) is 9.72. The number of halogens is 2. The molecule has 2 rings (SSSR count). The summed E-state index contributed by atoms with van der Waals surface area (Å²) in [7, 11) is 1.95. The van der Waals surface area contributed by atoms with E-state index in [1.165, 1.54) is 18.4 Å². The Hall–Kier alpha value is -0.780. The number of rotatable bonds is 5. The summed E-state index contributed by atoms with van der Waals surface area (Å²) < 4.78 is 1.89. The lowest BCUT2D eigenvalue weighted by atomic mass is 9.99. The van der Waals surface area contributed by atoms with Crippen LogP contribution in [0.1, 0.15) is 36.2 Å². The van der Waals surface area contributed by atoms with Gasteiger partial charge in [0.2, 0.25) is 5.91 Å². The molecule has 0 aliphatic carbocycles. The first-order valence-electron chi connectivity index (χ1n) is 7.54. The molecule has 1 fully saturated rings. The van der Waals surface area contributed by atoms with Gasteiger partial charge < -0.3 is 10.6 Å². The van der Waals surface area contributed by atoms with Crippen molar-refractivity contribution >= 4 is 30.7 Å². The van der Waals surface area contributed by atoms with E-state index in [0.29, 0.717) is 12.3 Å². The summed E-state index contributed by atoms with van der Waals surface area (Å²) in [6.45, 7) is 7.01. The van der Waals surface area contributed by atoms with Crippen molar-refractivity contribution in [3.05, 3.63) is 17.0 Å². The van der Waals surface area contributed by atoms with Crippen LogP contribution in [0, 0.1) is 19.8 Å². The van der Waals surface area contributed by atoms with Crippen molar-refractivity contribution in [2.75, 3.05) is 19.6 Å². The van der Waals surface area contributed by atoms with E-state index in [4.69, 9.17) is 0 Å². The van der Waals surface area contributed by atoms with Crippen molar-refractivity contribution in [1.29, 1.82) is 0 Å². The van der Waals surface area contributed by atoms with E-state index in [1.807, 2.05) is 18.7 Å². The van der Waals surface area contributed by atoms with Gasteiger partial charge in [0.1, 0.15) is 0 Å². The number of hydrogen-bond acceptors (Lipinski definition) is 3. The number of nitrogens with one attached hydrogen (secondary N) is 2. The van der Waals surface area contributed by atoms with Crippen molar-refractivity contribution in [3.8, 4) is 0 Å². The maximum atomic E-state index is 11.9. The van der Waals surface area contributed by atoms with Gasteiger partial charge in [0.05, 0.1) is 5.69 Å². The highest BCUT2D eigenvalue weighted by atomic mass is 35.5. The van der Waals surface area contributed by atoms with Crippen molar-refractivity contribution in [3.63, 3.8) is 0 Å². The lowest BCUT2D eigenvalue weighted by molar-refractivity contribution is -0.121. The number of nitrogens with zero attached hydrogens (tertiary/aromatic N) is 2. The van der Waals surface area contributed by atoms with E-state index in [9.17, 15) is 4.79 Å². The molecule has 5 nitrogen and oxygen atoms in total. The van der Waals surface area contributed by atoms with Crippen LogP contribution in [0.25, 0.3) is 0 Å². The zero-order valence-electron chi connectivity index (χ0n) is 13.6. The Bertz CT molecular complexity index is 470. The molecule has 128 valence electrons. The first-order valence-corrected chi connectivity index (χ1v) is 7.54. The quantitative estimate of drug-likeness (QED) is 0.852. The highest BCUT2D eigenvalue weighted by Gasteiger charge is 2.15. The monoisotopic (exact) mass is 350 g/mol. The van der Waals surface area contributed by atoms with Gasteiger partial charge in [-0.25, -0.2) is 0 Å². The lowest BCUT2D eigenvalue weighted by Gasteiger charge is -2.22. The molecule has 22 heavy (non-hydrogen) atoms. The number of carbonyl (C=O) groups is 1. The number of aromatic nitrogens is 2. The predicted molar refractivity (Wildman–Crippen MR) is 94.1 cm³/mol. The third kappa shape index (κ3) is 5.78. The first-order chi connectivity index (χ1) is 9.58. The molecule has 1 unspecified atom stereocenters. The van der Waals surface area contributed by atoms with Crippen molar-refractivity contribution in [1.82, 2.24) is 20.4 Å². The summed E-state index contributed by atoms with van der Waals surface area (Å²) >= 11 is 0. The third-order valence-corrected chi connectivity index (χ3v) is 4.25. The molecule has 2 heterocycles. The number of amides is 1. The molecule has 2 N–H and O–H groups in total. The predicted octanol–water partition coefficient (Wildman–Crippen LogP) is 1.93. The second kappa shape index (κ2) is 10.1. The molecule has 0 saturated carbocycles. The number of piperidine rings is 1. The van der Waals surface area contributed by atoms with Gasteiger partial charge in [0.25, 0.3) is 0 Å². The number of carbonyl (C=O) groups excluding carboxylic acids is 1. The Labute approximate surface area is 145 Å². The molecule has 1 saturated heterocycles. The number of aryl methyl sites for hydroxylation is 2. The van der Waals surface area contributed by atoms with Gasteiger partial charge >= 0.3 is 0 Å². The Morgan fingerprint density at radius 1 is 1.41 bits per heavy atom. The zero-order chi connectivity index (χ0) is 14.5. The summed E-state index contributed by atoms with van der Waals surface area (Å²) in [5, 5.41) is 10.8. The maximum absolute atomic E-state index is 11.9. The molecule has 1 aromatic heterocycles. The van der Waals surface area contributed by atoms with Crippen LogP contribution in [0.2, 0.25) is 0 Å². The lowest BCUT2D eigenvalue weighted by Crippen LogP contribution is -2.38. The largest absolute Gasteiger partial charge is 0.356 e. The summed E-state index contributed by atoms with van der Waals surface area (Å²) in [5.41, 5.74) is 3.41. The van der Waals surface area contributed by atoms with Crippen molar-refractivity contribution in [2.24, 2.45) is 13.0 Å². The Balaban J connectivity index is 0.00000220. The summed E-state index contributed by atoms with van der Waals surface area (Å²) in [5.74, 6) is 0.743. The average molecular weight is 351 g/mol. The average Bonchev–Trinajstić information content (AvgIpc) is 2.69. The Morgan fingerprint density at radius 3 is 2.68 bits per heavy atom. The van der Waals surface area contributed by atoms with E-state index in [2.05, 4.69) is 22.7 Å². The van der Waals surface area contributed by atoms with Gasteiger partial charge in [0, 0.05) is 25.7 Å². The first kappa shape index (κ1) is 21.2. The van der Waals surface area contributed by atoms with Crippen LogP contribution < -0.4 is 10.6 Å². The second-order valence-electron chi connectivity index (χ2n) is 5.79. The van der Waals surface area contributed by atoms with E-state index < -0.39 is 0 Å². The standard InChI is InChI=1S/C15H26N4O.2ClH/c1-11-14(12(2)19(3)18-11)6-7-15(20)17-10-13-5-4-8-16-9-13;;/h13,16H,4-10H2,1-3H3,(H,17,20);2*1H. The van der Waals surface area contributed by atoms with Crippen molar-refractivity contribution in [2.45, 2.75) is 39.5 Å². The molecule has 1 aliphatic rings. The zero-order valence-corrected chi connectivity index (χ0v) is 15.3. The molecular formula is C15H28Cl2N4O. The van der Waals surface area contributed by atoms with Crippen LogP contribution >= 0.6 is 24.8 Å². The highest BCUT2D eigenvalue weighted by Crippen LogP contribution is 2.14. The normalized spacial score (nSPS) is 17.3. The van der Waals surface area contributed by atoms with E-state index in [1.54, 1.807) is 0 Å². The molecule has 0 radical (unpaired) electrons. The minimum atomic E-state index is 0. The highest BCUT2D eigenvalue weighted by molar-refractivity contribution is 5.85. The molecule has 7 heteroatoms. The van der Waals surface area contributed by atoms with Crippen LogP contribution in [-0.4, -0.2) is 35.3 Å². The van der Waals surface area contributed by atoms with E-state index in [0.717, 1.165) is 37.4 Å². The minimum absolute atomic E-state index is 0. The fourth-order valence-electron chi connectivity index (χ4n) is 2.86. The topological polar surface area (TPSA) is 59.0 Å². The summed E-state index contributed by atoms with van der Waals surface area (Å²) in [6.07, 6.45) is 3.76. The third-order valence-electron chi connectivity index (χ3n) is 4.25.